The van der Waals surface area contributed by atoms with E-state index in [0.717, 1.165) is 16.5 Å². The van der Waals surface area contributed by atoms with E-state index < -0.39 is 0 Å². The van der Waals surface area contributed by atoms with Gasteiger partial charge in [0.2, 0.25) is 0 Å². The van der Waals surface area contributed by atoms with Gasteiger partial charge in [-0.2, -0.15) is 0 Å². The largest absolute Gasteiger partial charge is 0.466 e. The summed E-state index contributed by atoms with van der Waals surface area (Å²) in [7, 11) is 0. The molecule has 0 bridgehead atoms. The third-order valence-electron chi connectivity index (χ3n) is 2.11. The zero-order valence-corrected chi connectivity index (χ0v) is 11.5. The van der Waals surface area contributed by atoms with E-state index in [2.05, 4.69) is 9.97 Å². The molecule has 94 valence electrons. The summed E-state index contributed by atoms with van der Waals surface area (Å²) >= 11 is 1.49. The van der Waals surface area contributed by atoms with Crippen molar-refractivity contribution in [1.82, 2.24) is 9.97 Å². The van der Waals surface area contributed by atoms with Gasteiger partial charge in [0.1, 0.15) is 0 Å². The Bertz CT molecular complexity index is 376. The highest BCUT2D eigenvalue weighted by molar-refractivity contribution is 7.99. The quantitative estimate of drug-likeness (QED) is 0.459. The molecule has 0 saturated carbocycles. The van der Waals surface area contributed by atoms with Crippen molar-refractivity contribution in [3.05, 3.63) is 17.5 Å². The average molecular weight is 254 g/mol. The van der Waals surface area contributed by atoms with Crippen LogP contribution in [0.2, 0.25) is 0 Å². The van der Waals surface area contributed by atoms with Gasteiger partial charge < -0.3 is 4.74 Å². The molecular formula is C12H18N2O2S. The molecule has 0 aliphatic rings. The van der Waals surface area contributed by atoms with Crippen LogP contribution in [0.1, 0.15) is 25.2 Å². The first-order valence-corrected chi connectivity index (χ1v) is 6.63. The maximum absolute atomic E-state index is 11.4. The smallest absolute Gasteiger partial charge is 0.309 e. The summed E-state index contributed by atoms with van der Waals surface area (Å²) in [6, 6.07) is 1.93. The maximum Gasteiger partial charge on any atom is 0.309 e. The zero-order chi connectivity index (χ0) is 12.8. The maximum atomic E-state index is 11.4. The van der Waals surface area contributed by atoms with E-state index in [4.69, 9.17) is 4.74 Å². The molecule has 17 heavy (non-hydrogen) atoms. The monoisotopic (exact) mass is 254 g/mol. The first kappa shape index (κ1) is 14.0. The highest BCUT2D eigenvalue weighted by atomic mass is 32.2. The summed E-state index contributed by atoms with van der Waals surface area (Å²) in [6.45, 7) is 7.97. The number of nitrogens with zero attached hydrogens (tertiary/aromatic N) is 2. The van der Waals surface area contributed by atoms with Crippen LogP contribution in [-0.4, -0.2) is 28.3 Å². The van der Waals surface area contributed by atoms with E-state index in [9.17, 15) is 4.79 Å². The fraction of sp³-hybridized carbons (Fsp3) is 0.583. The molecule has 5 heteroatoms. The third kappa shape index (κ3) is 4.73. The number of carbonyl (C=O) groups is 1. The Morgan fingerprint density at radius 2 is 2.00 bits per heavy atom. The number of aryl methyl sites for hydroxylation is 2. The van der Waals surface area contributed by atoms with Gasteiger partial charge in [-0.15, -0.1) is 0 Å². The Balaban J connectivity index is 2.52. The van der Waals surface area contributed by atoms with Gasteiger partial charge in [0, 0.05) is 17.1 Å². The molecule has 1 aromatic heterocycles. The van der Waals surface area contributed by atoms with Gasteiger partial charge in [0.05, 0.1) is 12.5 Å². The summed E-state index contributed by atoms with van der Waals surface area (Å²) < 4.78 is 4.95. The first-order chi connectivity index (χ1) is 8.02. The molecule has 0 radical (unpaired) electrons. The number of carbonyl (C=O) groups excluding carboxylic acids is 1. The van der Waals surface area contributed by atoms with Crippen molar-refractivity contribution < 1.29 is 9.53 Å². The van der Waals surface area contributed by atoms with Crippen LogP contribution in [0.25, 0.3) is 0 Å². The standard InChI is InChI=1S/C12H18N2O2S/c1-5-16-11(15)8(2)7-17-12-13-9(3)6-10(4)14-12/h6,8H,5,7H2,1-4H3. The molecular weight excluding hydrogens is 236 g/mol. The summed E-state index contributed by atoms with van der Waals surface area (Å²) in [5.74, 6) is 0.343. The molecule has 0 amide bonds. The van der Waals surface area contributed by atoms with Gasteiger partial charge in [-0.05, 0) is 26.8 Å². The van der Waals surface area contributed by atoms with E-state index in [-0.39, 0.29) is 11.9 Å². The van der Waals surface area contributed by atoms with Crippen molar-refractivity contribution in [2.24, 2.45) is 5.92 Å². The molecule has 1 rings (SSSR count). The summed E-state index contributed by atoms with van der Waals surface area (Å²) in [4.78, 5) is 20.0. The van der Waals surface area contributed by atoms with Crippen molar-refractivity contribution in [2.45, 2.75) is 32.9 Å². The number of hydrogen-bond donors (Lipinski definition) is 0. The predicted octanol–water partition coefficient (Wildman–Crippen LogP) is 2.38. The van der Waals surface area contributed by atoms with Crippen LogP contribution in [0.15, 0.2) is 11.2 Å². The van der Waals surface area contributed by atoms with Crippen molar-refractivity contribution in [3.63, 3.8) is 0 Å². The lowest BCUT2D eigenvalue weighted by Gasteiger charge is -2.09. The third-order valence-corrected chi connectivity index (χ3v) is 3.22. The molecule has 0 spiro atoms. The van der Waals surface area contributed by atoms with Crippen LogP contribution in [0.4, 0.5) is 0 Å². The van der Waals surface area contributed by atoms with Crippen LogP contribution < -0.4 is 0 Å². The Labute approximate surface area is 106 Å². The van der Waals surface area contributed by atoms with Gasteiger partial charge in [0.25, 0.3) is 0 Å². The second kappa shape index (κ2) is 6.59. The van der Waals surface area contributed by atoms with Crippen LogP contribution >= 0.6 is 11.8 Å². The van der Waals surface area contributed by atoms with Crippen molar-refractivity contribution in [2.75, 3.05) is 12.4 Å². The second-order valence-electron chi connectivity index (χ2n) is 3.90. The highest BCUT2D eigenvalue weighted by Gasteiger charge is 2.15. The number of hydrogen-bond acceptors (Lipinski definition) is 5. The van der Waals surface area contributed by atoms with E-state index >= 15 is 0 Å². The van der Waals surface area contributed by atoms with Crippen LogP contribution in [-0.2, 0) is 9.53 Å². The Morgan fingerprint density at radius 1 is 1.41 bits per heavy atom. The molecule has 1 atom stereocenters. The van der Waals surface area contributed by atoms with Gasteiger partial charge >= 0.3 is 5.97 Å². The molecule has 0 aromatic carbocycles. The van der Waals surface area contributed by atoms with Gasteiger partial charge in [0.15, 0.2) is 5.16 Å². The highest BCUT2D eigenvalue weighted by Crippen LogP contribution is 2.18. The van der Waals surface area contributed by atoms with Gasteiger partial charge in [-0.25, -0.2) is 9.97 Å². The Kier molecular flexibility index (Phi) is 5.41. The number of ether oxygens (including phenoxy) is 1. The molecule has 0 N–H and O–H groups in total. The van der Waals surface area contributed by atoms with Crippen molar-refractivity contribution in [3.8, 4) is 0 Å². The fourth-order valence-corrected chi connectivity index (χ4v) is 2.26. The van der Waals surface area contributed by atoms with E-state index in [1.807, 2.05) is 33.8 Å². The van der Waals surface area contributed by atoms with E-state index in [1.165, 1.54) is 11.8 Å². The van der Waals surface area contributed by atoms with E-state index in [0.29, 0.717) is 12.4 Å². The minimum absolute atomic E-state index is 0.135. The molecule has 4 nitrogen and oxygen atoms in total. The number of aromatic nitrogens is 2. The SMILES string of the molecule is CCOC(=O)C(C)CSc1nc(C)cc(C)n1. The molecule has 1 heterocycles. The normalized spacial score (nSPS) is 12.2. The molecule has 0 fully saturated rings. The fourth-order valence-electron chi connectivity index (χ4n) is 1.31. The summed E-state index contributed by atoms with van der Waals surface area (Å²) in [5.41, 5.74) is 1.90. The number of esters is 1. The number of rotatable bonds is 5. The molecule has 0 saturated heterocycles. The lowest BCUT2D eigenvalue weighted by molar-refractivity contribution is -0.146. The average Bonchev–Trinajstić information content (AvgIpc) is 2.25. The van der Waals surface area contributed by atoms with E-state index in [1.54, 1.807) is 0 Å². The topological polar surface area (TPSA) is 52.1 Å². The lowest BCUT2D eigenvalue weighted by atomic mass is 10.2. The zero-order valence-electron chi connectivity index (χ0n) is 10.7. The predicted molar refractivity (Wildman–Crippen MR) is 68.0 cm³/mol. The van der Waals surface area contributed by atoms with Crippen molar-refractivity contribution >= 4 is 17.7 Å². The second-order valence-corrected chi connectivity index (χ2v) is 4.88. The van der Waals surface area contributed by atoms with Gasteiger partial charge in [-0.1, -0.05) is 18.7 Å². The van der Waals surface area contributed by atoms with Gasteiger partial charge in [-0.3, -0.25) is 4.79 Å². The minimum atomic E-state index is -0.163. The summed E-state index contributed by atoms with van der Waals surface area (Å²) in [5, 5.41) is 0.721. The molecule has 1 unspecified atom stereocenters. The molecule has 0 aliphatic carbocycles. The first-order valence-electron chi connectivity index (χ1n) is 5.64. The lowest BCUT2D eigenvalue weighted by Crippen LogP contribution is -2.16. The van der Waals surface area contributed by atoms with Crippen LogP contribution in [0.5, 0.6) is 0 Å². The van der Waals surface area contributed by atoms with Crippen LogP contribution in [0.3, 0.4) is 0 Å². The molecule has 1 aromatic rings. The molecule has 0 aliphatic heterocycles. The Hall–Kier alpha value is -1.10. The number of thioether (sulfide) groups is 1. The Morgan fingerprint density at radius 3 is 2.53 bits per heavy atom. The summed E-state index contributed by atoms with van der Waals surface area (Å²) in [6.07, 6.45) is 0. The van der Waals surface area contributed by atoms with Crippen molar-refractivity contribution in [1.29, 1.82) is 0 Å². The van der Waals surface area contributed by atoms with Crippen LogP contribution in [0, 0.1) is 19.8 Å². The minimum Gasteiger partial charge on any atom is -0.466 e.